The van der Waals surface area contributed by atoms with E-state index >= 15 is 0 Å². The Morgan fingerprint density at radius 3 is 2.35 bits per heavy atom. The highest BCUT2D eigenvalue weighted by atomic mass is 16.6. The molecule has 116 valence electrons. The molecule has 23 heavy (non-hydrogen) atoms. The summed E-state index contributed by atoms with van der Waals surface area (Å²) in [6.07, 6.45) is 6.21. The molecule has 0 saturated heterocycles. The van der Waals surface area contributed by atoms with Crippen LogP contribution in [0.2, 0.25) is 0 Å². The molecule has 1 aliphatic rings. The molecule has 0 N–H and O–H groups in total. The minimum absolute atomic E-state index is 0.304. The molecule has 2 aromatic rings. The molecule has 1 atom stereocenters. The Labute approximate surface area is 136 Å². The second-order valence-electron chi connectivity index (χ2n) is 5.60. The van der Waals surface area contributed by atoms with E-state index in [2.05, 4.69) is 18.2 Å². The van der Waals surface area contributed by atoms with E-state index in [9.17, 15) is 4.79 Å². The van der Waals surface area contributed by atoms with Gasteiger partial charge in [0.25, 0.3) is 0 Å². The van der Waals surface area contributed by atoms with Crippen molar-refractivity contribution in [2.75, 3.05) is 0 Å². The van der Waals surface area contributed by atoms with E-state index in [-0.39, 0.29) is 0 Å². The zero-order valence-electron chi connectivity index (χ0n) is 13.1. The maximum absolute atomic E-state index is 12.2. The molecule has 1 heterocycles. The fraction of sp³-hybridized carbons (Fsp3) is 0.150. The molecule has 0 radical (unpaired) electrons. The fourth-order valence-corrected chi connectivity index (χ4v) is 2.56. The van der Waals surface area contributed by atoms with Gasteiger partial charge in [-0.05, 0) is 36.6 Å². The van der Waals surface area contributed by atoms with E-state index in [0.29, 0.717) is 11.7 Å². The molecule has 0 aromatic heterocycles. The molecule has 1 aliphatic heterocycles. The average molecular weight is 305 g/mol. The van der Waals surface area contributed by atoms with Crippen molar-refractivity contribution in [2.45, 2.75) is 13.3 Å². The van der Waals surface area contributed by atoms with Crippen molar-refractivity contribution in [3.05, 3.63) is 90.3 Å². The molecular formula is C20H19NO2. The van der Waals surface area contributed by atoms with E-state index in [1.165, 1.54) is 10.5 Å². The predicted molar refractivity (Wildman–Crippen MR) is 90.8 cm³/mol. The Morgan fingerprint density at radius 1 is 1.04 bits per heavy atom. The normalized spacial score (nSPS) is 16.8. The van der Waals surface area contributed by atoms with Crippen LogP contribution in [0.25, 0.3) is 0 Å². The summed E-state index contributed by atoms with van der Waals surface area (Å²) in [7, 11) is 0. The van der Waals surface area contributed by atoms with Gasteiger partial charge in [-0.15, -0.1) is 0 Å². The van der Waals surface area contributed by atoms with Crippen molar-refractivity contribution in [3.63, 3.8) is 0 Å². The van der Waals surface area contributed by atoms with Gasteiger partial charge in [0, 0.05) is 18.3 Å². The summed E-state index contributed by atoms with van der Waals surface area (Å²) >= 11 is 0. The number of allylic oxidation sites excluding steroid dienone is 2. The van der Waals surface area contributed by atoms with Crippen LogP contribution in [0.4, 0.5) is 4.79 Å². The van der Waals surface area contributed by atoms with Gasteiger partial charge in [0.05, 0.1) is 0 Å². The highest BCUT2D eigenvalue weighted by Gasteiger charge is 2.19. The van der Waals surface area contributed by atoms with Crippen molar-refractivity contribution >= 4 is 6.09 Å². The van der Waals surface area contributed by atoms with Crippen LogP contribution < -0.4 is 4.74 Å². The van der Waals surface area contributed by atoms with Gasteiger partial charge >= 0.3 is 6.09 Å². The van der Waals surface area contributed by atoms with Crippen LogP contribution in [0, 0.1) is 5.92 Å². The Hall–Kier alpha value is -2.81. The lowest BCUT2D eigenvalue weighted by Gasteiger charge is -2.23. The number of carbonyl (C=O) groups is 1. The fourth-order valence-electron chi connectivity index (χ4n) is 2.56. The minimum Gasteiger partial charge on any atom is -0.410 e. The molecule has 0 bridgehead atoms. The molecule has 0 saturated carbocycles. The lowest BCUT2D eigenvalue weighted by Crippen LogP contribution is -2.27. The highest BCUT2D eigenvalue weighted by molar-refractivity contribution is 5.73. The predicted octanol–water partition coefficient (Wildman–Crippen LogP) is 4.78. The number of para-hydroxylation sites is 1. The van der Waals surface area contributed by atoms with E-state index in [0.717, 1.165) is 12.0 Å². The molecular weight excluding hydrogens is 286 g/mol. The first-order chi connectivity index (χ1) is 11.2. The van der Waals surface area contributed by atoms with Crippen LogP contribution in [-0.4, -0.2) is 11.0 Å². The highest BCUT2D eigenvalue weighted by Crippen LogP contribution is 2.24. The third-order valence-corrected chi connectivity index (χ3v) is 3.86. The van der Waals surface area contributed by atoms with E-state index < -0.39 is 6.09 Å². The number of amides is 1. The summed E-state index contributed by atoms with van der Waals surface area (Å²) in [6, 6.07) is 19.4. The summed E-state index contributed by atoms with van der Waals surface area (Å²) in [5.74, 6) is 0.849. The third-order valence-electron chi connectivity index (χ3n) is 3.86. The molecule has 1 amide bonds. The summed E-state index contributed by atoms with van der Waals surface area (Å²) < 4.78 is 5.35. The summed E-state index contributed by atoms with van der Waals surface area (Å²) in [6.45, 7) is 2.04. The van der Waals surface area contributed by atoms with Gasteiger partial charge < -0.3 is 4.74 Å². The van der Waals surface area contributed by atoms with E-state index in [1.54, 1.807) is 18.3 Å². The van der Waals surface area contributed by atoms with Crippen molar-refractivity contribution in [3.8, 4) is 5.75 Å². The second-order valence-corrected chi connectivity index (χ2v) is 5.60. The van der Waals surface area contributed by atoms with Crippen molar-refractivity contribution in [1.29, 1.82) is 0 Å². The molecule has 0 aliphatic carbocycles. The van der Waals surface area contributed by atoms with Gasteiger partial charge in [-0.3, -0.25) is 4.90 Å². The largest absolute Gasteiger partial charge is 0.423 e. The lowest BCUT2D eigenvalue weighted by atomic mass is 9.92. The number of hydrogen-bond acceptors (Lipinski definition) is 2. The van der Waals surface area contributed by atoms with Gasteiger partial charge in [0.15, 0.2) is 0 Å². The van der Waals surface area contributed by atoms with Gasteiger partial charge in [-0.25, -0.2) is 4.79 Å². The number of ether oxygens (including phenoxy) is 1. The monoisotopic (exact) mass is 305 g/mol. The molecule has 0 fully saturated rings. The standard InChI is InChI=1S/C20H19NO2/c1-16-15-21(20(22)23-19-10-6-3-7-11-19)13-12-18(16)14-17-8-4-2-5-9-17/h2-13,15,18H,14H2,1H3. The van der Waals surface area contributed by atoms with Crippen molar-refractivity contribution in [1.82, 2.24) is 4.90 Å². The number of rotatable bonds is 3. The number of benzene rings is 2. The van der Waals surface area contributed by atoms with Crippen LogP contribution in [0.3, 0.4) is 0 Å². The Bertz CT molecular complexity index is 720. The molecule has 1 unspecified atom stereocenters. The Morgan fingerprint density at radius 2 is 1.70 bits per heavy atom. The van der Waals surface area contributed by atoms with Crippen LogP contribution in [0.5, 0.6) is 5.75 Å². The van der Waals surface area contributed by atoms with Crippen molar-refractivity contribution < 1.29 is 9.53 Å². The summed E-state index contributed by atoms with van der Waals surface area (Å²) in [5.41, 5.74) is 2.43. The number of nitrogens with zero attached hydrogens (tertiary/aromatic N) is 1. The lowest BCUT2D eigenvalue weighted by molar-refractivity contribution is 0.181. The number of carbonyl (C=O) groups excluding carboxylic acids is 1. The second kappa shape index (κ2) is 6.97. The van der Waals surface area contributed by atoms with Gasteiger partial charge in [0.1, 0.15) is 5.75 Å². The SMILES string of the molecule is CC1=CN(C(=O)Oc2ccccc2)C=CC1Cc1ccccc1. The topological polar surface area (TPSA) is 29.5 Å². The number of hydrogen-bond donors (Lipinski definition) is 0. The quantitative estimate of drug-likeness (QED) is 0.817. The first-order valence-electron chi connectivity index (χ1n) is 7.68. The molecule has 3 nitrogen and oxygen atoms in total. The van der Waals surface area contributed by atoms with Gasteiger partial charge in [-0.2, -0.15) is 0 Å². The average Bonchev–Trinajstić information content (AvgIpc) is 2.58. The smallest absolute Gasteiger partial charge is 0.410 e. The molecule has 3 rings (SSSR count). The summed E-state index contributed by atoms with van der Waals surface area (Å²) in [5, 5.41) is 0. The van der Waals surface area contributed by atoms with Crippen LogP contribution in [0.15, 0.2) is 84.7 Å². The van der Waals surface area contributed by atoms with Crippen LogP contribution in [0.1, 0.15) is 12.5 Å². The first-order valence-corrected chi connectivity index (χ1v) is 7.68. The van der Waals surface area contributed by atoms with E-state index in [1.807, 2.05) is 49.5 Å². The molecule has 3 heteroatoms. The van der Waals surface area contributed by atoms with Crippen LogP contribution in [-0.2, 0) is 6.42 Å². The van der Waals surface area contributed by atoms with E-state index in [4.69, 9.17) is 4.74 Å². The zero-order chi connectivity index (χ0) is 16.1. The zero-order valence-corrected chi connectivity index (χ0v) is 13.1. The van der Waals surface area contributed by atoms with Gasteiger partial charge in [0.2, 0.25) is 0 Å². The third kappa shape index (κ3) is 3.89. The first kappa shape index (κ1) is 15.1. The Balaban J connectivity index is 1.64. The maximum Gasteiger partial charge on any atom is 0.423 e. The van der Waals surface area contributed by atoms with Gasteiger partial charge in [-0.1, -0.05) is 54.6 Å². The molecule has 0 spiro atoms. The maximum atomic E-state index is 12.2. The Kier molecular flexibility index (Phi) is 4.57. The van der Waals surface area contributed by atoms with Crippen molar-refractivity contribution in [2.24, 2.45) is 5.92 Å². The van der Waals surface area contributed by atoms with Crippen LogP contribution >= 0.6 is 0 Å². The molecule has 2 aromatic carbocycles. The minimum atomic E-state index is -0.398. The summed E-state index contributed by atoms with van der Waals surface area (Å²) in [4.78, 5) is 13.7.